The van der Waals surface area contributed by atoms with Crippen LogP contribution in [0.3, 0.4) is 0 Å². The Morgan fingerprint density at radius 3 is 2.74 bits per heavy atom. The highest BCUT2D eigenvalue weighted by atomic mass is 16.5. The first-order valence-electron chi connectivity index (χ1n) is 6.23. The fraction of sp³-hybridized carbons (Fsp3) is 0.429. The van der Waals surface area contributed by atoms with Crippen LogP contribution in [0.25, 0.3) is 0 Å². The van der Waals surface area contributed by atoms with Crippen molar-refractivity contribution in [3.8, 4) is 0 Å². The molecule has 2 atom stereocenters. The van der Waals surface area contributed by atoms with Crippen molar-refractivity contribution in [3.63, 3.8) is 0 Å². The summed E-state index contributed by atoms with van der Waals surface area (Å²) < 4.78 is 9.97. The van der Waals surface area contributed by atoms with E-state index < -0.39 is 0 Å². The van der Waals surface area contributed by atoms with Gasteiger partial charge in [0.1, 0.15) is 12.1 Å². The molecule has 0 spiro atoms. The number of esters is 2. The second-order valence-electron chi connectivity index (χ2n) is 4.49. The summed E-state index contributed by atoms with van der Waals surface area (Å²) in [6.45, 7) is 0.486. The number of methoxy groups -OCH3 is 1. The van der Waals surface area contributed by atoms with E-state index in [9.17, 15) is 9.59 Å². The van der Waals surface area contributed by atoms with Gasteiger partial charge in [0.15, 0.2) is 0 Å². The van der Waals surface area contributed by atoms with Gasteiger partial charge in [0, 0.05) is 13.0 Å². The van der Waals surface area contributed by atoms with Crippen LogP contribution in [0.1, 0.15) is 12.0 Å². The molecule has 0 unspecified atom stereocenters. The van der Waals surface area contributed by atoms with E-state index in [2.05, 4.69) is 10.1 Å². The zero-order valence-electron chi connectivity index (χ0n) is 10.8. The minimum Gasteiger partial charge on any atom is -0.468 e. The lowest BCUT2D eigenvalue weighted by atomic mass is 10.1. The van der Waals surface area contributed by atoms with E-state index >= 15 is 0 Å². The number of benzene rings is 1. The average molecular weight is 263 g/mol. The molecule has 0 radical (unpaired) electrons. The van der Waals surface area contributed by atoms with Crippen molar-refractivity contribution in [1.29, 1.82) is 0 Å². The first kappa shape index (κ1) is 13.5. The molecular weight excluding hydrogens is 246 g/mol. The number of nitrogens with one attached hydrogen (secondary N) is 1. The van der Waals surface area contributed by atoms with Crippen LogP contribution in [0.4, 0.5) is 0 Å². The quantitative estimate of drug-likeness (QED) is 0.809. The smallest absolute Gasteiger partial charge is 0.323 e. The van der Waals surface area contributed by atoms with E-state index in [1.807, 2.05) is 30.3 Å². The SMILES string of the molecule is COC(=O)[C@@H]1C[C@@H](OC(=O)Cc2ccccc2)CN1. The predicted octanol–water partition coefficient (Wildman–Crippen LogP) is 0.676. The number of carbonyl (C=O) groups is 2. The maximum atomic E-state index is 11.7. The molecule has 1 aliphatic heterocycles. The third-order valence-electron chi connectivity index (χ3n) is 3.07. The molecular formula is C14H17NO4. The second-order valence-corrected chi connectivity index (χ2v) is 4.49. The van der Waals surface area contributed by atoms with Crippen LogP contribution in [-0.4, -0.2) is 37.7 Å². The van der Waals surface area contributed by atoms with Gasteiger partial charge in [-0.1, -0.05) is 30.3 Å². The fourth-order valence-electron chi connectivity index (χ4n) is 2.10. The van der Waals surface area contributed by atoms with Gasteiger partial charge in [0.25, 0.3) is 0 Å². The van der Waals surface area contributed by atoms with Gasteiger partial charge in [0.2, 0.25) is 0 Å². The van der Waals surface area contributed by atoms with Crippen molar-refractivity contribution in [2.24, 2.45) is 0 Å². The van der Waals surface area contributed by atoms with Crippen molar-refractivity contribution < 1.29 is 19.1 Å². The minimum atomic E-state index is -0.375. The van der Waals surface area contributed by atoms with Crippen molar-refractivity contribution >= 4 is 11.9 Å². The van der Waals surface area contributed by atoms with Gasteiger partial charge >= 0.3 is 11.9 Å². The maximum Gasteiger partial charge on any atom is 0.323 e. The lowest BCUT2D eigenvalue weighted by Gasteiger charge is -2.11. The summed E-state index contributed by atoms with van der Waals surface area (Å²) in [5, 5.41) is 2.97. The van der Waals surface area contributed by atoms with Crippen LogP contribution in [0.15, 0.2) is 30.3 Å². The van der Waals surface area contributed by atoms with Crippen LogP contribution in [-0.2, 0) is 25.5 Å². The molecule has 1 aromatic carbocycles. The van der Waals surface area contributed by atoms with Crippen molar-refractivity contribution in [2.45, 2.75) is 25.0 Å². The highest BCUT2D eigenvalue weighted by molar-refractivity contribution is 5.76. The molecule has 1 saturated heterocycles. The molecule has 102 valence electrons. The standard InChI is InChI=1S/C14H17NO4/c1-18-14(17)12-8-11(9-15-12)19-13(16)7-10-5-3-2-4-6-10/h2-6,11-12,15H,7-9H2,1H3/t11-,12+/m1/s1. The van der Waals surface area contributed by atoms with Gasteiger partial charge in [0.05, 0.1) is 13.5 Å². The number of hydrogen-bond acceptors (Lipinski definition) is 5. The van der Waals surface area contributed by atoms with Gasteiger partial charge in [-0.15, -0.1) is 0 Å². The summed E-state index contributed by atoms with van der Waals surface area (Å²) in [4.78, 5) is 23.1. The van der Waals surface area contributed by atoms with Gasteiger partial charge in [-0.3, -0.25) is 9.59 Å². The fourth-order valence-corrected chi connectivity index (χ4v) is 2.10. The van der Waals surface area contributed by atoms with E-state index in [0.29, 0.717) is 13.0 Å². The van der Waals surface area contributed by atoms with Crippen molar-refractivity contribution in [2.75, 3.05) is 13.7 Å². The van der Waals surface area contributed by atoms with Crippen LogP contribution >= 0.6 is 0 Å². The Balaban J connectivity index is 1.79. The molecule has 5 nitrogen and oxygen atoms in total. The molecule has 1 aliphatic rings. The molecule has 0 bridgehead atoms. The van der Waals surface area contributed by atoms with Crippen molar-refractivity contribution in [3.05, 3.63) is 35.9 Å². The van der Waals surface area contributed by atoms with E-state index in [1.54, 1.807) is 0 Å². The topological polar surface area (TPSA) is 64.6 Å². The number of rotatable bonds is 4. The molecule has 2 rings (SSSR count). The summed E-state index contributed by atoms with van der Waals surface area (Å²) in [5.74, 6) is -0.592. The monoisotopic (exact) mass is 263 g/mol. The highest BCUT2D eigenvalue weighted by Crippen LogP contribution is 2.13. The van der Waals surface area contributed by atoms with E-state index in [4.69, 9.17) is 4.74 Å². The van der Waals surface area contributed by atoms with E-state index in [0.717, 1.165) is 5.56 Å². The minimum absolute atomic E-state index is 0.250. The Hall–Kier alpha value is -1.88. The number of hydrogen-bond donors (Lipinski definition) is 1. The lowest BCUT2D eigenvalue weighted by molar-refractivity contribution is -0.149. The van der Waals surface area contributed by atoms with Crippen LogP contribution in [0.5, 0.6) is 0 Å². The molecule has 0 aromatic heterocycles. The Morgan fingerprint density at radius 1 is 1.32 bits per heavy atom. The largest absolute Gasteiger partial charge is 0.468 e. The third-order valence-corrected chi connectivity index (χ3v) is 3.07. The van der Waals surface area contributed by atoms with E-state index in [1.165, 1.54) is 7.11 Å². The van der Waals surface area contributed by atoms with Crippen LogP contribution in [0, 0.1) is 0 Å². The third kappa shape index (κ3) is 3.79. The zero-order chi connectivity index (χ0) is 13.7. The second kappa shape index (κ2) is 6.33. The normalized spacial score (nSPS) is 21.9. The zero-order valence-corrected chi connectivity index (χ0v) is 10.8. The van der Waals surface area contributed by atoms with Crippen LogP contribution in [0.2, 0.25) is 0 Å². The molecule has 1 heterocycles. The Labute approximate surface area is 111 Å². The summed E-state index contributed by atoms with van der Waals surface area (Å²) in [6.07, 6.45) is 0.452. The number of carbonyl (C=O) groups excluding carboxylic acids is 2. The Bertz CT molecular complexity index is 446. The molecule has 1 fully saturated rings. The molecule has 5 heteroatoms. The summed E-state index contributed by atoms with van der Waals surface area (Å²) in [5.41, 5.74) is 0.919. The molecule has 0 aliphatic carbocycles. The summed E-state index contributed by atoms with van der Waals surface area (Å²) >= 11 is 0. The van der Waals surface area contributed by atoms with Gasteiger partial charge < -0.3 is 14.8 Å². The van der Waals surface area contributed by atoms with E-state index in [-0.39, 0.29) is 30.5 Å². The average Bonchev–Trinajstić information content (AvgIpc) is 2.87. The summed E-state index contributed by atoms with van der Waals surface area (Å²) in [6, 6.07) is 9.05. The molecule has 0 saturated carbocycles. The molecule has 1 N–H and O–H groups in total. The highest BCUT2D eigenvalue weighted by Gasteiger charge is 2.32. The first-order chi connectivity index (χ1) is 9.19. The van der Waals surface area contributed by atoms with Gasteiger partial charge in [-0.2, -0.15) is 0 Å². The number of ether oxygens (including phenoxy) is 2. The molecule has 1 aromatic rings. The van der Waals surface area contributed by atoms with Gasteiger partial charge in [-0.25, -0.2) is 0 Å². The lowest BCUT2D eigenvalue weighted by Crippen LogP contribution is -2.31. The van der Waals surface area contributed by atoms with Crippen LogP contribution < -0.4 is 5.32 Å². The summed E-state index contributed by atoms with van der Waals surface area (Å²) in [7, 11) is 1.35. The molecule has 19 heavy (non-hydrogen) atoms. The maximum absolute atomic E-state index is 11.7. The Morgan fingerprint density at radius 2 is 2.05 bits per heavy atom. The Kier molecular flexibility index (Phi) is 4.52. The predicted molar refractivity (Wildman–Crippen MR) is 68.4 cm³/mol. The first-order valence-corrected chi connectivity index (χ1v) is 6.23. The molecule has 0 amide bonds. The van der Waals surface area contributed by atoms with Crippen molar-refractivity contribution in [1.82, 2.24) is 5.32 Å². The van der Waals surface area contributed by atoms with Gasteiger partial charge in [-0.05, 0) is 5.56 Å².